The van der Waals surface area contributed by atoms with Crippen molar-refractivity contribution in [3.05, 3.63) is 104 Å². The molecule has 2 heterocycles. The van der Waals surface area contributed by atoms with Crippen LogP contribution in [0.3, 0.4) is 0 Å². The van der Waals surface area contributed by atoms with Crippen LogP contribution >= 0.6 is 0 Å². The summed E-state index contributed by atoms with van der Waals surface area (Å²) >= 11 is 0. The molecule has 3 aromatic carbocycles. The van der Waals surface area contributed by atoms with E-state index in [-0.39, 0.29) is 17.4 Å². The first-order valence-electron chi connectivity index (χ1n) is 13.6. The van der Waals surface area contributed by atoms with Crippen molar-refractivity contribution in [1.82, 2.24) is 14.5 Å². The standard InChI is InChI=1S/C32H33FN4O5/c1-18-22(20-12-27(33)25(29(13-20)41-5)14-34-21-16-42-17-21)8-6-9-23(18)24-10-7-11-28(19(24)2)35-30(38)26-15-36(3)32(40)37(4)31(26)39/h6-13,15,21,34H,14,16-17H2,1-5H3,(H,35,38). The summed E-state index contributed by atoms with van der Waals surface area (Å²) in [4.78, 5) is 37.7. The molecule has 218 valence electrons. The quantitative estimate of drug-likeness (QED) is 0.332. The summed E-state index contributed by atoms with van der Waals surface area (Å²) in [5.74, 6) is -0.501. The second-order valence-corrected chi connectivity index (χ2v) is 10.5. The van der Waals surface area contributed by atoms with Gasteiger partial charge < -0.3 is 24.7 Å². The number of ether oxygens (including phenoxy) is 2. The Labute approximate surface area is 242 Å². The highest BCUT2D eigenvalue weighted by molar-refractivity contribution is 6.04. The number of methoxy groups -OCH3 is 1. The first-order valence-corrected chi connectivity index (χ1v) is 13.6. The van der Waals surface area contributed by atoms with Gasteiger partial charge in [0, 0.05) is 38.1 Å². The SMILES string of the molecule is COc1cc(-c2cccc(-c3cccc(NC(=O)c4cn(C)c(=O)n(C)c4=O)c3C)c2C)cc(F)c1CNC1COC1. The van der Waals surface area contributed by atoms with Gasteiger partial charge >= 0.3 is 5.69 Å². The van der Waals surface area contributed by atoms with Gasteiger partial charge in [0.2, 0.25) is 0 Å². The number of aromatic nitrogens is 2. The lowest BCUT2D eigenvalue weighted by Gasteiger charge is -2.27. The Balaban J connectivity index is 1.48. The zero-order valence-electron chi connectivity index (χ0n) is 24.2. The Kier molecular flexibility index (Phi) is 8.11. The molecule has 0 atom stereocenters. The molecule has 10 heteroatoms. The monoisotopic (exact) mass is 572 g/mol. The largest absolute Gasteiger partial charge is 0.496 e. The van der Waals surface area contributed by atoms with Crippen molar-refractivity contribution in [1.29, 1.82) is 0 Å². The number of carbonyl (C=O) groups is 1. The molecule has 1 saturated heterocycles. The number of hydrogen-bond acceptors (Lipinski definition) is 6. The zero-order valence-corrected chi connectivity index (χ0v) is 24.2. The van der Waals surface area contributed by atoms with Gasteiger partial charge in [0.1, 0.15) is 17.1 Å². The minimum atomic E-state index is -0.672. The van der Waals surface area contributed by atoms with Gasteiger partial charge in [0.25, 0.3) is 11.5 Å². The minimum Gasteiger partial charge on any atom is -0.496 e. The summed E-state index contributed by atoms with van der Waals surface area (Å²) in [6.07, 6.45) is 1.24. The maximum Gasteiger partial charge on any atom is 0.330 e. The third kappa shape index (κ3) is 5.38. The predicted molar refractivity (Wildman–Crippen MR) is 160 cm³/mol. The second-order valence-electron chi connectivity index (χ2n) is 10.5. The lowest BCUT2D eigenvalue weighted by molar-refractivity contribution is -0.00595. The van der Waals surface area contributed by atoms with E-state index in [0.717, 1.165) is 32.4 Å². The van der Waals surface area contributed by atoms with E-state index in [1.807, 2.05) is 50.2 Å². The average molecular weight is 573 g/mol. The summed E-state index contributed by atoms with van der Waals surface area (Å²) in [6.45, 7) is 5.42. The number of halogens is 1. The van der Waals surface area contributed by atoms with Crippen LogP contribution in [0, 0.1) is 19.7 Å². The van der Waals surface area contributed by atoms with Crippen molar-refractivity contribution < 1.29 is 18.7 Å². The number of amides is 1. The number of carbonyl (C=O) groups excluding carboxylic acids is 1. The number of aryl methyl sites for hydroxylation is 1. The third-order valence-electron chi connectivity index (χ3n) is 7.79. The van der Waals surface area contributed by atoms with Crippen molar-refractivity contribution in [2.24, 2.45) is 14.1 Å². The van der Waals surface area contributed by atoms with Crippen molar-refractivity contribution in [2.45, 2.75) is 26.4 Å². The van der Waals surface area contributed by atoms with Crippen LogP contribution in [0.15, 0.2) is 64.3 Å². The van der Waals surface area contributed by atoms with Crippen LogP contribution < -0.4 is 26.6 Å². The molecule has 2 N–H and O–H groups in total. The molecule has 0 radical (unpaired) electrons. The fraction of sp³-hybridized carbons (Fsp3) is 0.281. The van der Waals surface area contributed by atoms with Gasteiger partial charge in [0.05, 0.1) is 26.4 Å². The number of nitrogens with one attached hydrogen (secondary N) is 2. The summed E-state index contributed by atoms with van der Waals surface area (Å²) in [6, 6.07) is 14.9. The molecule has 1 aliphatic heterocycles. The molecular weight excluding hydrogens is 539 g/mol. The maximum atomic E-state index is 15.4. The highest BCUT2D eigenvalue weighted by atomic mass is 19.1. The second kappa shape index (κ2) is 11.8. The Morgan fingerprint density at radius 3 is 2.36 bits per heavy atom. The van der Waals surface area contributed by atoms with Gasteiger partial charge in [-0.05, 0) is 65.4 Å². The normalized spacial score (nSPS) is 13.1. The zero-order chi connectivity index (χ0) is 30.1. The summed E-state index contributed by atoms with van der Waals surface area (Å²) in [5, 5.41) is 6.12. The molecule has 0 unspecified atom stereocenters. The fourth-order valence-corrected chi connectivity index (χ4v) is 5.18. The van der Waals surface area contributed by atoms with E-state index in [1.165, 1.54) is 38.0 Å². The van der Waals surface area contributed by atoms with Crippen LogP contribution in [0.25, 0.3) is 22.3 Å². The Bertz CT molecular complexity index is 1810. The van der Waals surface area contributed by atoms with Crippen molar-refractivity contribution in [2.75, 3.05) is 25.6 Å². The lowest BCUT2D eigenvalue weighted by Crippen LogP contribution is -2.45. The molecule has 4 aromatic rings. The van der Waals surface area contributed by atoms with E-state index in [1.54, 1.807) is 6.07 Å². The highest BCUT2D eigenvalue weighted by Gasteiger charge is 2.21. The van der Waals surface area contributed by atoms with Gasteiger partial charge in [0.15, 0.2) is 0 Å². The van der Waals surface area contributed by atoms with Gasteiger partial charge in [-0.25, -0.2) is 9.18 Å². The van der Waals surface area contributed by atoms with Crippen molar-refractivity contribution in [3.63, 3.8) is 0 Å². The average Bonchev–Trinajstić information content (AvgIpc) is 2.95. The van der Waals surface area contributed by atoms with Gasteiger partial charge in [-0.1, -0.05) is 30.3 Å². The van der Waals surface area contributed by atoms with Crippen LogP contribution in [0.1, 0.15) is 27.0 Å². The molecule has 1 fully saturated rings. The molecule has 1 aliphatic rings. The van der Waals surface area contributed by atoms with Gasteiger partial charge in [-0.15, -0.1) is 0 Å². The molecule has 0 spiro atoms. The van der Waals surface area contributed by atoms with Crippen LogP contribution in [-0.2, 0) is 25.4 Å². The van der Waals surface area contributed by atoms with E-state index in [2.05, 4.69) is 10.6 Å². The molecule has 1 aromatic heterocycles. The molecule has 5 rings (SSSR count). The minimum absolute atomic E-state index is 0.141. The Morgan fingerprint density at radius 2 is 1.69 bits per heavy atom. The van der Waals surface area contributed by atoms with Crippen LogP contribution in [0.2, 0.25) is 0 Å². The molecule has 1 amide bonds. The summed E-state index contributed by atoms with van der Waals surface area (Å²) in [5.41, 5.74) is 4.70. The summed E-state index contributed by atoms with van der Waals surface area (Å²) in [7, 11) is 4.35. The predicted octanol–water partition coefficient (Wildman–Crippen LogP) is 3.92. The van der Waals surface area contributed by atoms with E-state index in [4.69, 9.17) is 9.47 Å². The number of rotatable bonds is 8. The van der Waals surface area contributed by atoms with Crippen LogP contribution in [0.5, 0.6) is 5.75 Å². The van der Waals surface area contributed by atoms with E-state index in [9.17, 15) is 14.4 Å². The molecule has 0 bridgehead atoms. The molecule has 0 aliphatic carbocycles. The van der Waals surface area contributed by atoms with Gasteiger partial charge in [-0.2, -0.15) is 0 Å². The number of hydrogen-bond donors (Lipinski definition) is 2. The molecule has 42 heavy (non-hydrogen) atoms. The highest BCUT2D eigenvalue weighted by Crippen LogP contribution is 2.37. The lowest BCUT2D eigenvalue weighted by atomic mass is 9.90. The molecule has 0 saturated carbocycles. The van der Waals surface area contributed by atoms with Crippen molar-refractivity contribution >= 4 is 11.6 Å². The molecular formula is C32H33FN4O5. The van der Waals surface area contributed by atoms with Crippen LogP contribution in [-0.4, -0.2) is 41.4 Å². The molecule has 9 nitrogen and oxygen atoms in total. The summed E-state index contributed by atoms with van der Waals surface area (Å²) < 4.78 is 28.2. The number of nitrogens with zero attached hydrogens (tertiary/aromatic N) is 2. The topological polar surface area (TPSA) is 104 Å². The Hall–Kier alpha value is -4.54. The third-order valence-corrected chi connectivity index (χ3v) is 7.79. The first-order chi connectivity index (χ1) is 20.1. The first kappa shape index (κ1) is 29.0. The number of anilines is 1. The van der Waals surface area contributed by atoms with Gasteiger partial charge in [-0.3, -0.25) is 14.2 Å². The van der Waals surface area contributed by atoms with E-state index >= 15 is 4.39 Å². The van der Waals surface area contributed by atoms with Crippen molar-refractivity contribution in [3.8, 4) is 28.0 Å². The maximum absolute atomic E-state index is 15.4. The fourth-order valence-electron chi connectivity index (χ4n) is 5.18. The van der Waals surface area contributed by atoms with E-state index in [0.29, 0.717) is 42.3 Å². The smallest absolute Gasteiger partial charge is 0.330 e. The Morgan fingerprint density at radius 1 is 1.02 bits per heavy atom. The van der Waals surface area contributed by atoms with E-state index < -0.39 is 17.2 Å². The van der Waals surface area contributed by atoms with Crippen LogP contribution in [0.4, 0.5) is 10.1 Å². The number of benzene rings is 3.